The number of aliphatic carboxylic acids is 1. The van der Waals surface area contributed by atoms with E-state index in [4.69, 9.17) is 5.11 Å². The van der Waals surface area contributed by atoms with E-state index >= 15 is 0 Å². The molecule has 0 aromatic heterocycles. The fourth-order valence-corrected chi connectivity index (χ4v) is 2.14. The van der Waals surface area contributed by atoms with Gasteiger partial charge in [0.1, 0.15) is 0 Å². The molecule has 0 aliphatic carbocycles. The molecule has 2 amide bonds. The molecule has 19 heavy (non-hydrogen) atoms. The predicted octanol–water partition coefficient (Wildman–Crippen LogP) is 0.881. The lowest BCUT2D eigenvalue weighted by atomic mass is 9.88. The van der Waals surface area contributed by atoms with Crippen molar-refractivity contribution in [2.75, 3.05) is 26.7 Å². The van der Waals surface area contributed by atoms with Crippen LogP contribution in [0.5, 0.6) is 0 Å². The lowest BCUT2D eigenvalue weighted by Crippen LogP contribution is -2.47. The first-order valence-corrected chi connectivity index (χ1v) is 6.84. The standard InChI is InChI=1S/C13H25N3O3/c1-4-13(2,11(17)18)9-15-12(19)14-8-10-6-5-7-16(10)3/h10H,4-9H2,1-3H3,(H,17,18)(H2,14,15,19). The Labute approximate surface area is 114 Å². The molecule has 0 saturated carbocycles. The molecule has 110 valence electrons. The van der Waals surface area contributed by atoms with Crippen LogP contribution in [-0.4, -0.2) is 54.7 Å². The summed E-state index contributed by atoms with van der Waals surface area (Å²) in [5, 5.41) is 14.6. The monoisotopic (exact) mass is 271 g/mol. The van der Waals surface area contributed by atoms with Gasteiger partial charge in [-0.1, -0.05) is 6.92 Å². The lowest BCUT2D eigenvalue weighted by Gasteiger charge is -2.24. The van der Waals surface area contributed by atoms with E-state index in [1.807, 2.05) is 0 Å². The van der Waals surface area contributed by atoms with Crippen molar-refractivity contribution in [3.63, 3.8) is 0 Å². The fraction of sp³-hybridized carbons (Fsp3) is 0.846. The summed E-state index contributed by atoms with van der Waals surface area (Å²) in [5.41, 5.74) is -0.901. The first-order chi connectivity index (χ1) is 8.89. The van der Waals surface area contributed by atoms with Crippen LogP contribution in [0.4, 0.5) is 4.79 Å². The van der Waals surface area contributed by atoms with Crippen LogP contribution in [-0.2, 0) is 4.79 Å². The average Bonchev–Trinajstić information content (AvgIpc) is 2.78. The molecule has 1 saturated heterocycles. The number of carboxylic acid groups (broad SMARTS) is 1. The van der Waals surface area contributed by atoms with E-state index in [-0.39, 0.29) is 12.6 Å². The molecule has 2 atom stereocenters. The van der Waals surface area contributed by atoms with Gasteiger partial charge < -0.3 is 20.6 Å². The van der Waals surface area contributed by atoms with Gasteiger partial charge in [0.15, 0.2) is 0 Å². The summed E-state index contributed by atoms with van der Waals surface area (Å²) in [6, 6.07) is 0.101. The van der Waals surface area contributed by atoms with Gasteiger partial charge in [-0.15, -0.1) is 0 Å². The smallest absolute Gasteiger partial charge is 0.314 e. The van der Waals surface area contributed by atoms with Gasteiger partial charge in [0.25, 0.3) is 0 Å². The normalized spacial score (nSPS) is 22.8. The average molecular weight is 271 g/mol. The highest BCUT2D eigenvalue weighted by molar-refractivity contribution is 5.77. The van der Waals surface area contributed by atoms with Crippen LogP contribution in [0.1, 0.15) is 33.1 Å². The first kappa shape index (κ1) is 15.8. The van der Waals surface area contributed by atoms with Crippen molar-refractivity contribution in [2.45, 2.75) is 39.2 Å². The number of likely N-dealkylation sites (tertiary alicyclic amines) is 1. The van der Waals surface area contributed by atoms with Gasteiger partial charge in [-0.2, -0.15) is 0 Å². The molecule has 0 bridgehead atoms. The highest BCUT2D eigenvalue weighted by Gasteiger charge is 2.31. The summed E-state index contributed by atoms with van der Waals surface area (Å²) in [5.74, 6) is -0.883. The Morgan fingerprint density at radius 2 is 2.11 bits per heavy atom. The number of nitrogens with zero attached hydrogens (tertiary/aromatic N) is 1. The molecular weight excluding hydrogens is 246 g/mol. The number of carbonyl (C=O) groups excluding carboxylic acids is 1. The number of carboxylic acids is 1. The van der Waals surface area contributed by atoms with Gasteiger partial charge in [-0.25, -0.2) is 4.79 Å². The Morgan fingerprint density at radius 1 is 1.42 bits per heavy atom. The van der Waals surface area contributed by atoms with E-state index in [9.17, 15) is 9.59 Å². The zero-order valence-electron chi connectivity index (χ0n) is 12.0. The van der Waals surface area contributed by atoms with Crippen molar-refractivity contribution in [3.8, 4) is 0 Å². The number of rotatable bonds is 6. The highest BCUT2D eigenvalue weighted by atomic mass is 16.4. The molecule has 0 radical (unpaired) electrons. The molecule has 0 aromatic rings. The molecule has 1 fully saturated rings. The SMILES string of the molecule is CCC(C)(CNC(=O)NCC1CCCN1C)C(=O)O. The zero-order chi connectivity index (χ0) is 14.5. The Morgan fingerprint density at radius 3 is 2.58 bits per heavy atom. The Balaban J connectivity index is 2.29. The molecule has 1 rings (SSSR count). The van der Waals surface area contributed by atoms with Crippen molar-refractivity contribution in [3.05, 3.63) is 0 Å². The van der Waals surface area contributed by atoms with E-state index in [2.05, 4.69) is 22.6 Å². The van der Waals surface area contributed by atoms with Crippen LogP contribution < -0.4 is 10.6 Å². The number of nitrogens with one attached hydrogen (secondary N) is 2. The predicted molar refractivity (Wildman–Crippen MR) is 73.1 cm³/mol. The molecule has 6 heteroatoms. The topological polar surface area (TPSA) is 81.7 Å². The van der Waals surface area contributed by atoms with E-state index in [1.165, 1.54) is 0 Å². The fourth-order valence-electron chi connectivity index (χ4n) is 2.14. The van der Waals surface area contributed by atoms with E-state index < -0.39 is 11.4 Å². The second-order valence-electron chi connectivity index (χ2n) is 5.56. The van der Waals surface area contributed by atoms with Crippen LogP contribution in [0.3, 0.4) is 0 Å². The molecule has 1 aliphatic heterocycles. The number of carbonyl (C=O) groups is 2. The van der Waals surface area contributed by atoms with Gasteiger partial charge in [-0.05, 0) is 39.8 Å². The van der Waals surface area contributed by atoms with Crippen LogP contribution in [0.2, 0.25) is 0 Å². The van der Waals surface area contributed by atoms with E-state index in [1.54, 1.807) is 13.8 Å². The van der Waals surface area contributed by atoms with Crippen LogP contribution in [0.25, 0.3) is 0 Å². The lowest BCUT2D eigenvalue weighted by molar-refractivity contribution is -0.147. The molecule has 2 unspecified atom stereocenters. The van der Waals surface area contributed by atoms with Gasteiger partial charge in [0.05, 0.1) is 5.41 Å². The van der Waals surface area contributed by atoms with Crippen LogP contribution >= 0.6 is 0 Å². The maximum atomic E-state index is 11.7. The molecule has 0 aromatic carbocycles. The summed E-state index contributed by atoms with van der Waals surface area (Å²) in [6.07, 6.45) is 2.74. The van der Waals surface area contributed by atoms with Crippen LogP contribution in [0.15, 0.2) is 0 Å². The Kier molecular flexibility index (Phi) is 5.60. The zero-order valence-corrected chi connectivity index (χ0v) is 12.0. The van der Waals surface area contributed by atoms with Crippen molar-refractivity contribution >= 4 is 12.0 Å². The Bertz CT molecular complexity index is 335. The third kappa shape index (κ3) is 4.38. The molecule has 1 aliphatic rings. The van der Waals surface area contributed by atoms with Crippen molar-refractivity contribution in [2.24, 2.45) is 5.41 Å². The number of hydrogen-bond donors (Lipinski definition) is 3. The van der Waals surface area contributed by atoms with Crippen molar-refractivity contribution < 1.29 is 14.7 Å². The second kappa shape index (κ2) is 6.75. The molecule has 1 heterocycles. The highest BCUT2D eigenvalue weighted by Crippen LogP contribution is 2.19. The van der Waals surface area contributed by atoms with Gasteiger partial charge in [-0.3, -0.25) is 4.79 Å². The largest absolute Gasteiger partial charge is 0.481 e. The van der Waals surface area contributed by atoms with Gasteiger partial charge in [0.2, 0.25) is 0 Å². The molecule has 3 N–H and O–H groups in total. The summed E-state index contributed by atoms with van der Waals surface area (Å²) < 4.78 is 0. The molecule has 6 nitrogen and oxygen atoms in total. The van der Waals surface area contributed by atoms with Gasteiger partial charge >= 0.3 is 12.0 Å². The van der Waals surface area contributed by atoms with E-state index in [0.717, 1.165) is 19.4 Å². The van der Waals surface area contributed by atoms with E-state index in [0.29, 0.717) is 19.0 Å². The number of hydrogen-bond acceptors (Lipinski definition) is 3. The summed E-state index contributed by atoms with van der Waals surface area (Å²) >= 11 is 0. The third-order valence-electron chi connectivity index (χ3n) is 4.11. The number of amides is 2. The van der Waals surface area contributed by atoms with Crippen LogP contribution in [0, 0.1) is 5.41 Å². The number of urea groups is 1. The summed E-state index contributed by atoms with van der Waals surface area (Å²) in [6.45, 7) is 5.27. The second-order valence-corrected chi connectivity index (χ2v) is 5.56. The summed E-state index contributed by atoms with van der Waals surface area (Å²) in [7, 11) is 2.05. The molecule has 0 spiro atoms. The minimum atomic E-state index is -0.901. The minimum absolute atomic E-state index is 0.144. The van der Waals surface area contributed by atoms with Gasteiger partial charge in [0, 0.05) is 19.1 Å². The number of likely N-dealkylation sites (N-methyl/N-ethyl adjacent to an activating group) is 1. The maximum absolute atomic E-state index is 11.7. The van der Waals surface area contributed by atoms with Crippen molar-refractivity contribution in [1.82, 2.24) is 15.5 Å². The van der Waals surface area contributed by atoms with Crippen molar-refractivity contribution in [1.29, 1.82) is 0 Å². The minimum Gasteiger partial charge on any atom is -0.481 e. The third-order valence-corrected chi connectivity index (χ3v) is 4.11. The quantitative estimate of drug-likeness (QED) is 0.670. The maximum Gasteiger partial charge on any atom is 0.314 e. The Hall–Kier alpha value is -1.30. The summed E-state index contributed by atoms with van der Waals surface area (Å²) in [4.78, 5) is 25.0. The first-order valence-electron chi connectivity index (χ1n) is 6.84. The molecular formula is C13H25N3O3.